The summed E-state index contributed by atoms with van der Waals surface area (Å²) in [6.07, 6.45) is -0.653. The number of ether oxygens (including phenoxy) is 3. The van der Waals surface area contributed by atoms with Gasteiger partial charge in [-0.15, -0.1) is 0 Å². The Hall–Kier alpha value is -3.06. The molecule has 1 heterocycles. The first-order chi connectivity index (χ1) is 18.1. The van der Waals surface area contributed by atoms with Gasteiger partial charge in [0, 0.05) is 32.7 Å². The zero-order valence-corrected chi connectivity index (χ0v) is 22.3. The molecule has 37 heavy (non-hydrogen) atoms. The highest BCUT2D eigenvalue weighted by molar-refractivity contribution is 5.54. The molecule has 0 radical (unpaired) electrons. The molecule has 1 saturated heterocycles. The van der Waals surface area contributed by atoms with E-state index in [0.717, 1.165) is 31.7 Å². The van der Waals surface area contributed by atoms with E-state index in [1.165, 1.54) is 11.1 Å². The maximum atomic E-state index is 11.2. The quantitative estimate of drug-likeness (QED) is 0.360. The molecule has 0 spiro atoms. The SMILES string of the molecule is CCOc1cc(C(O)CN2CCN(C(c3ccccc3)c3ccccc3)CC2)cc(OCC)c1OCC. The molecule has 1 unspecified atom stereocenters. The number of aliphatic hydroxyl groups is 1. The second-order valence-corrected chi connectivity index (χ2v) is 9.22. The molecule has 198 valence electrons. The molecular weight excluding hydrogens is 464 g/mol. The highest BCUT2D eigenvalue weighted by atomic mass is 16.5. The van der Waals surface area contributed by atoms with E-state index in [1.54, 1.807) is 0 Å². The van der Waals surface area contributed by atoms with Crippen LogP contribution in [0.5, 0.6) is 17.2 Å². The minimum Gasteiger partial charge on any atom is -0.490 e. The van der Waals surface area contributed by atoms with Crippen molar-refractivity contribution in [1.29, 1.82) is 0 Å². The van der Waals surface area contributed by atoms with Gasteiger partial charge in [0.2, 0.25) is 5.75 Å². The number of nitrogens with zero attached hydrogens (tertiary/aromatic N) is 2. The van der Waals surface area contributed by atoms with Crippen LogP contribution in [0.4, 0.5) is 0 Å². The second kappa shape index (κ2) is 13.5. The highest BCUT2D eigenvalue weighted by Crippen LogP contribution is 2.41. The van der Waals surface area contributed by atoms with Crippen LogP contribution >= 0.6 is 0 Å². The number of β-amino-alcohol motifs (C(OH)–C–C–N with tert-alkyl or cyclic N) is 1. The topological polar surface area (TPSA) is 54.4 Å². The fourth-order valence-electron chi connectivity index (χ4n) is 5.04. The molecule has 3 aromatic carbocycles. The molecule has 1 aliphatic rings. The van der Waals surface area contributed by atoms with E-state index in [0.29, 0.717) is 43.6 Å². The number of aliphatic hydroxyl groups excluding tert-OH is 1. The summed E-state index contributed by atoms with van der Waals surface area (Å²) in [5.41, 5.74) is 3.40. The monoisotopic (exact) mass is 504 g/mol. The number of hydrogen-bond donors (Lipinski definition) is 1. The van der Waals surface area contributed by atoms with Gasteiger partial charge < -0.3 is 19.3 Å². The summed E-state index contributed by atoms with van der Waals surface area (Å²) in [6, 6.07) is 25.4. The molecule has 0 saturated carbocycles. The van der Waals surface area contributed by atoms with Gasteiger partial charge in [-0.1, -0.05) is 60.7 Å². The van der Waals surface area contributed by atoms with Crippen LogP contribution in [0.15, 0.2) is 72.8 Å². The van der Waals surface area contributed by atoms with E-state index in [4.69, 9.17) is 14.2 Å². The van der Waals surface area contributed by atoms with Gasteiger partial charge >= 0.3 is 0 Å². The Labute approximate surface area is 221 Å². The summed E-state index contributed by atoms with van der Waals surface area (Å²) in [7, 11) is 0. The molecule has 1 atom stereocenters. The lowest BCUT2D eigenvalue weighted by atomic mass is 9.96. The molecule has 0 amide bonds. The fraction of sp³-hybridized carbons (Fsp3) is 0.419. The summed E-state index contributed by atoms with van der Waals surface area (Å²) in [4.78, 5) is 4.89. The minimum atomic E-state index is -0.653. The van der Waals surface area contributed by atoms with Crippen molar-refractivity contribution in [2.75, 3.05) is 52.5 Å². The van der Waals surface area contributed by atoms with E-state index in [-0.39, 0.29) is 6.04 Å². The Balaban J connectivity index is 1.45. The standard InChI is InChI=1S/C31H40N2O4/c1-4-35-28-21-26(22-29(36-5-2)31(28)37-6-3)27(34)23-32-17-19-33(20-18-32)30(24-13-9-7-10-14-24)25-15-11-8-12-16-25/h7-16,21-22,27,30,34H,4-6,17-20,23H2,1-3H3. The van der Waals surface area contributed by atoms with Gasteiger partial charge in [-0.3, -0.25) is 9.80 Å². The summed E-state index contributed by atoms with van der Waals surface area (Å²) >= 11 is 0. The highest BCUT2D eigenvalue weighted by Gasteiger charge is 2.28. The zero-order chi connectivity index (χ0) is 26.0. The first-order valence-electron chi connectivity index (χ1n) is 13.4. The van der Waals surface area contributed by atoms with Gasteiger partial charge in [0.05, 0.1) is 32.0 Å². The second-order valence-electron chi connectivity index (χ2n) is 9.22. The summed E-state index contributed by atoms with van der Waals surface area (Å²) in [5, 5.41) is 11.2. The third-order valence-corrected chi connectivity index (χ3v) is 6.75. The van der Waals surface area contributed by atoms with E-state index < -0.39 is 6.10 Å². The Kier molecular flexibility index (Phi) is 9.83. The molecule has 0 aromatic heterocycles. The van der Waals surface area contributed by atoms with Crippen molar-refractivity contribution in [3.63, 3.8) is 0 Å². The van der Waals surface area contributed by atoms with Gasteiger partial charge in [-0.25, -0.2) is 0 Å². The van der Waals surface area contributed by atoms with Crippen molar-refractivity contribution >= 4 is 0 Å². The average Bonchev–Trinajstić information content (AvgIpc) is 2.93. The van der Waals surface area contributed by atoms with E-state index in [1.807, 2.05) is 32.9 Å². The van der Waals surface area contributed by atoms with Gasteiger partial charge in [-0.2, -0.15) is 0 Å². The van der Waals surface area contributed by atoms with Crippen LogP contribution in [-0.2, 0) is 0 Å². The number of rotatable bonds is 12. The van der Waals surface area contributed by atoms with Crippen molar-refractivity contribution in [2.45, 2.75) is 32.9 Å². The Morgan fingerprint density at radius 2 is 1.16 bits per heavy atom. The molecule has 4 rings (SSSR count). The van der Waals surface area contributed by atoms with Crippen LogP contribution < -0.4 is 14.2 Å². The van der Waals surface area contributed by atoms with Gasteiger partial charge in [0.1, 0.15) is 0 Å². The van der Waals surface area contributed by atoms with Crippen molar-refractivity contribution in [3.05, 3.63) is 89.5 Å². The van der Waals surface area contributed by atoms with Crippen LogP contribution in [0.3, 0.4) is 0 Å². The van der Waals surface area contributed by atoms with Crippen LogP contribution in [0, 0.1) is 0 Å². The van der Waals surface area contributed by atoms with Crippen LogP contribution in [0.1, 0.15) is 49.6 Å². The lowest BCUT2D eigenvalue weighted by Gasteiger charge is -2.40. The van der Waals surface area contributed by atoms with Gasteiger partial charge in [-0.05, 0) is 49.6 Å². The number of benzene rings is 3. The van der Waals surface area contributed by atoms with E-state index in [9.17, 15) is 5.11 Å². The summed E-state index contributed by atoms with van der Waals surface area (Å²) in [6.45, 7) is 11.6. The predicted molar refractivity (Wildman–Crippen MR) is 148 cm³/mol. The molecule has 6 heteroatoms. The maximum absolute atomic E-state index is 11.2. The first-order valence-corrected chi connectivity index (χ1v) is 13.4. The molecule has 1 N–H and O–H groups in total. The molecule has 3 aromatic rings. The molecular formula is C31H40N2O4. The molecule has 1 aliphatic heterocycles. The van der Waals surface area contributed by atoms with Crippen molar-refractivity contribution < 1.29 is 19.3 Å². The van der Waals surface area contributed by atoms with E-state index in [2.05, 4.69) is 70.5 Å². The third-order valence-electron chi connectivity index (χ3n) is 6.75. The predicted octanol–water partition coefficient (Wildman–Crippen LogP) is 5.32. The average molecular weight is 505 g/mol. The molecule has 0 aliphatic carbocycles. The van der Waals surface area contributed by atoms with Gasteiger partial charge in [0.25, 0.3) is 0 Å². The molecule has 1 fully saturated rings. The van der Waals surface area contributed by atoms with Crippen molar-refractivity contribution in [1.82, 2.24) is 9.80 Å². The molecule has 0 bridgehead atoms. The summed E-state index contributed by atoms with van der Waals surface area (Å²) in [5.74, 6) is 1.83. The number of hydrogen-bond acceptors (Lipinski definition) is 6. The Morgan fingerprint density at radius 1 is 0.676 bits per heavy atom. The summed E-state index contributed by atoms with van der Waals surface area (Å²) < 4.78 is 17.5. The Morgan fingerprint density at radius 3 is 1.62 bits per heavy atom. The first kappa shape index (κ1) is 27.0. The largest absolute Gasteiger partial charge is 0.490 e. The minimum absolute atomic E-state index is 0.225. The fourth-order valence-corrected chi connectivity index (χ4v) is 5.04. The zero-order valence-electron chi connectivity index (χ0n) is 22.3. The van der Waals surface area contributed by atoms with Gasteiger partial charge in [0.15, 0.2) is 11.5 Å². The molecule has 6 nitrogen and oxygen atoms in total. The van der Waals surface area contributed by atoms with Crippen LogP contribution in [-0.4, -0.2) is 67.5 Å². The smallest absolute Gasteiger partial charge is 0.203 e. The normalized spacial score (nSPS) is 15.5. The van der Waals surface area contributed by atoms with Crippen molar-refractivity contribution in [3.8, 4) is 17.2 Å². The Bertz CT molecular complexity index is 1020. The third kappa shape index (κ3) is 6.83. The van der Waals surface area contributed by atoms with Crippen molar-refractivity contribution in [2.24, 2.45) is 0 Å². The maximum Gasteiger partial charge on any atom is 0.203 e. The van der Waals surface area contributed by atoms with Crippen LogP contribution in [0.2, 0.25) is 0 Å². The lowest BCUT2D eigenvalue weighted by molar-refractivity contribution is 0.0620. The number of piperazine rings is 1. The van der Waals surface area contributed by atoms with Crippen LogP contribution in [0.25, 0.3) is 0 Å². The lowest BCUT2D eigenvalue weighted by Crippen LogP contribution is -2.48. The van der Waals surface area contributed by atoms with E-state index >= 15 is 0 Å².